The molecule has 150 valence electrons. The first-order valence-corrected chi connectivity index (χ1v) is 9.95. The Hall–Kier alpha value is -3.00. The summed E-state index contributed by atoms with van der Waals surface area (Å²) in [5.41, 5.74) is 2.32. The predicted molar refractivity (Wildman–Crippen MR) is 108 cm³/mol. The molecule has 0 saturated carbocycles. The van der Waals surface area contributed by atoms with Crippen molar-refractivity contribution in [1.82, 2.24) is 29.0 Å². The second kappa shape index (κ2) is 6.81. The molecule has 0 spiro atoms. The van der Waals surface area contributed by atoms with Crippen LogP contribution in [0.4, 0.5) is 0 Å². The van der Waals surface area contributed by atoms with Gasteiger partial charge in [-0.1, -0.05) is 29.8 Å². The summed E-state index contributed by atoms with van der Waals surface area (Å²) < 4.78 is 4.75. The van der Waals surface area contributed by atoms with Gasteiger partial charge in [-0.2, -0.15) is 10.2 Å². The largest absolute Gasteiger partial charge is 0.332 e. The van der Waals surface area contributed by atoms with Gasteiger partial charge in [-0.3, -0.25) is 23.7 Å². The van der Waals surface area contributed by atoms with Gasteiger partial charge in [-0.05, 0) is 12.5 Å². The van der Waals surface area contributed by atoms with Crippen molar-refractivity contribution in [3.8, 4) is 0 Å². The number of likely N-dealkylation sites (tertiary alicyclic amines) is 1. The highest BCUT2D eigenvalue weighted by atomic mass is 16.2. The molecule has 2 aliphatic rings. The zero-order valence-electron chi connectivity index (χ0n) is 16.7. The average Bonchev–Trinajstić information content (AvgIpc) is 3.37. The molecule has 0 amide bonds. The highest BCUT2D eigenvalue weighted by molar-refractivity contribution is 5.21. The third kappa shape index (κ3) is 3.23. The standard InChI is InChI=1S/C21H24N6O2/c1-14-3-5-15(6-4-14)10-27-21(29)20(28)26-12-17-11-25(13-18(17)19(26)23-27)9-16-7-22-24(2)8-16/h3-8,17-18H,9-13H2,1-2H3/t17-,18-/m1/s1. The molecule has 2 aromatic heterocycles. The number of aryl methyl sites for hydroxylation is 2. The van der Waals surface area contributed by atoms with Crippen LogP contribution in [-0.4, -0.2) is 42.1 Å². The lowest BCUT2D eigenvalue weighted by Gasteiger charge is -2.17. The third-order valence-electron chi connectivity index (χ3n) is 6.05. The van der Waals surface area contributed by atoms with Crippen LogP contribution < -0.4 is 11.1 Å². The van der Waals surface area contributed by atoms with Gasteiger partial charge in [0.1, 0.15) is 5.82 Å². The minimum absolute atomic E-state index is 0.184. The summed E-state index contributed by atoms with van der Waals surface area (Å²) in [5.74, 6) is 1.26. The first-order chi connectivity index (χ1) is 14.0. The van der Waals surface area contributed by atoms with E-state index in [1.807, 2.05) is 55.3 Å². The highest BCUT2D eigenvalue weighted by Crippen LogP contribution is 2.37. The van der Waals surface area contributed by atoms with E-state index < -0.39 is 11.1 Å². The third-order valence-corrected chi connectivity index (χ3v) is 6.05. The van der Waals surface area contributed by atoms with E-state index in [9.17, 15) is 9.59 Å². The Labute approximate surface area is 168 Å². The molecule has 8 nitrogen and oxygen atoms in total. The number of hydrogen-bond acceptors (Lipinski definition) is 5. The molecule has 0 N–H and O–H groups in total. The first kappa shape index (κ1) is 18.1. The van der Waals surface area contributed by atoms with E-state index in [-0.39, 0.29) is 5.92 Å². The Balaban J connectivity index is 1.41. The fraction of sp³-hybridized carbons (Fsp3) is 0.429. The molecular weight excluding hydrogens is 368 g/mol. The second-order valence-corrected chi connectivity index (χ2v) is 8.31. The molecule has 4 heterocycles. The zero-order valence-corrected chi connectivity index (χ0v) is 16.7. The highest BCUT2D eigenvalue weighted by Gasteiger charge is 2.42. The van der Waals surface area contributed by atoms with E-state index in [0.29, 0.717) is 19.0 Å². The van der Waals surface area contributed by atoms with Gasteiger partial charge in [-0.15, -0.1) is 0 Å². The average molecular weight is 392 g/mol. The van der Waals surface area contributed by atoms with Crippen molar-refractivity contribution in [3.63, 3.8) is 0 Å². The summed E-state index contributed by atoms with van der Waals surface area (Å²) in [4.78, 5) is 27.7. The van der Waals surface area contributed by atoms with Gasteiger partial charge in [0.05, 0.1) is 12.7 Å². The van der Waals surface area contributed by atoms with Gasteiger partial charge >= 0.3 is 11.1 Å². The van der Waals surface area contributed by atoms with Gasteiger partial charge in [0, 0.05) is 56.8 Å². The van der Waals surface area contributed by atoms with Crippen molar-refractivity contribution in [1.29, 1.82) is 0 Å². The molecule has 0 unspecified atom stereocenters. The summed E-state index contributed by atoms with van der Waals surface area (Å²) in [7, 11) is 1.92. The van der Waals surface area contributed by atoms with Gasteiger partial charge in [0.25, 0.3) is 0 Å². The van der Waals surface area contributed by atoms with Crippen LogP contribution in [0.3, 0.4) is 0 Å². The van der Waals surface area contributed by atoms with Gasteiger partial charge in [0.2, 0.25) is 0 Å². The topological polar surface area (TPSA) is 78.0 Å². The zero-order chi connectivity index (χ0) is 20.1. The molecule has 29 heavy (non-hydrogen) atoms. The van der Waals surface area contributed by atoms with E-state index in [2.05, 4.69) is 15.1 Å². The SMILES string of the molecule is Cc1ccc(Cn2nc3n(c(=O)c2=O)C[C@H]2CN(Cc4cnn(C)c4)C[C@@H]32)cc1. The molecule has 1 saturated heterocycles. The normalized spacial score (nSPS) is 20.8. The molecule has 3 aromatic rings. The van der Waals surface area contributed by atoms with Crippen molar-refractivity contribution < 1.29 is 0 Å². The summed E-state index contributed by atoms with van der Waals surface area (Å²) in [6.07, 6.45) is 3.92. The van der Waals surface area contributed by atoms with Crippen LogP contribution >= 0.6 is 0 Å². The fourth-order valence-corrected chi connectivity index (χ4v) is 4.59. The lowest BCUT2D eigenvalue weighted by molar-refractivity contribution is 0.303. The summed E-state index contributed by atoms with van der Waals surface area (Å²) in [6.45, 7) is 5.50. The summed E-state index contributed by atoms with van der Waals surface area (Å²) in [5, 5.41) is 8.88. The van der Waals surface area contributed by atoms with Gasteiger partial charge in [0.15, 0.2) is 0 Å². The number of fused-ring (bicyclic) bond motifs is 3. The molecule has 2 aliphatic heterocycles. The van der Waals surface area contributed by atoms with Crippen LogP contribution in [0.15, 0.2) is 46.2 Å². The van der Waals surface area contributed by atoms with Crippen LogP contribution in [0, 0.1) is 12.8 Å². The summed E-state index contributed by atoms with van der Waals surface area (Å²) in [6, 6.07) is 7.96. The molecule has 0 radical (unpaired) electrons. The lowest BCUT2D eigenvalue weighted by atomic mass is 10.00. The van der Waals surface area contributed by atoms with E-state index in [4.69, 9.17) is 0 Å². The Morgan fingerprint density at radius 2 is 1.79 bits per heavy atom. The van der Waals surface area contributed by atoms with Crippen LogP contribution in [0.25, 0.3) is 0 Å². The number of rotatable bonds is 4. The number of nitrogens with zero attached hydrogens (tertiary/aromatic N) is 6. The van der Waals surface area contributed by atoms with Crippen molar-refractivity contribution in [3.05, 3.63) is 79.9 Å². The van der Waals surface area contributed by atoms with Crippen LogP contribution in [-0.2, 0) is 26.7 Å². The maximum absolute atomic E-state index is 12.7. The smallest absolute Gasteiger partial charge is 0.298 e. The quantitative estimate of drug-likeness (QED) is 0.612. The van der Waals surface area contributed by atoms with E-state index in [1.165, 1.54) is 10.2 Å². The number of aromatic nitrogens is 5. The predicted octanol–water partition coefficient (Wildman–Crippen LogP) is 0.724. The Bertz CT molecular complexity index is 1170. The van der Waals surface area contributed by atoms with Crippen molar-refractivity contribution in [2.75, 3.05) is 13.1 Å². The van der Waals surface area contributed by atoms with E-state index in [0.717, 1.165) is 36.6 Å². The molecule has 5 rings (SSSR count). The summed E-state index contributed by atoms with van der Waals surface area (Å²) >= 11 is 0. The Morgan fingerprint density at radius 1 is 1.00 bits per heavy atom. The van der Waals surface area contributed by atoms with Crippen molar-refractivity contribution in [2.24, 2.45) is 13.0 Å². The molecule has 1 fully saturated rings. The number of benzene rings is 1. The Morgan fingerprint density at radius 3 is 2.52 bits per heavy atom. The second-order valence-electron chi connectivity index (χ2n) is 8.31. The van der Waals surface area contributed by atoms with Gasteiger partial charge in [-0.25, -0.2) is 4.68 Å². The maximum Gasteiger partial charge on any atom is 0.332 e. The number of hydrogen-bond donors (Lipinski definition) is 0. The molecular formula is C21H24N6O2. The van der Waals surface area contributed by atoms with Crippen LogP contribution in [0.1, 0.15) is 28.4 Å². The van der Waals surface area contributed by atoms with Crippen LogP contribution in [0.2, 0.25) is 0 Å². The van der Waals surface area contributed by atoms with E-state index >= 15 is 0 Å². The first-order valence-electron chi connectivity index (χ1n) is 9.95. The fourth-order valence-electron chi connectivity index (χ4n) is 4.59. The lowest BCUT2D eigenvalue weighted by Crippen LogP contribution is -2.44. The monoisotopic (exact) mass is 392 g/mol. The minimum atomic E-state index is -0.540. The van der Waals surface area contributed by atoms with Crippen molar-refractivity contribution >= 4 is 0 Å². The molecule has 2 atom stereocenters. The van der Waals surface area contributed by atoms with E-state index in [1.54, 1.807) is 4.57 Å². The molecule has 0 bridgehead atoms. The Kier molecular flexibility index (Phi) is 4.24. The van der Waals surface area contributed by atoms with Gasteiger partial charge < -0.3 is 0 Å². The molecule has 1 aromatic carbocycles. The minimum Gasteiger partial charge on any atom is -0.298 e. The van der Waals surface area contributed by atoms with Crippen molar-refractivity contribution in [2.45, 2.75) is 32.5 Å². The molecule has 8 heteroatoms. The van der Waals surface area contributed by atoms with Crippen LogP contribution in [0.5, 0.6) is 0 Å². The molecule has 0 aliphatic carbocycles. The maximum atomic E-state index is 12.7.